The summed E-state index contributed by atoms with van der Waals surface area (Å²) in [6.45, 7) is 1.82. The van der Waals surface area contributed by atoms with Crippen LogP contribution in [0.1, 0.15) is 12.8 Å². The second-order valence-corrected chi connectivity index (χ2v) is 4.06. The highest BCUT2D eigenvalue weighted by Crippen LogP contribution is 2.14. The summed E-state index contributed by atoms with van der Waals surface area (Å²) in [6.07, 6.45) is 0.459. The minimum atomic E-state index is -1.09. The molecule has 17 heavy (non-hydrogen) atoms. The molecule has 1 aliphatic heterocycles. The van der Waals surface area contributed by atoms with Crippen LogP contribution in [0.3, 0.4) is 0 Å². The molecule has 0 radical (unpaired) electrons. The van der Waals surface area contributed by atoms with E-state index in [0.29, 0.717) is 19.8 Å². The van der Waals surface area contributed by atoms with Gasteiger partial charge in [-0.25, -0.2) is 4.79 Å². The average molecular weight is 265 g/mol. The van der Waals surface area contributed by atoms with E-state index in [1.165, 1.54) is 0 Å². The van der Waals surface area contributed by atoms with Crippen LogP contribution in [0.15, 0.2) is 0 Å². The van der Waals surface area contributed by atoms with Gasteiger partial charge >= 0.3 is 6.09 Å². The van der Waals surface area contributed by atoms with Gasteiger partial charge in [0.1, 0.15) is 5.88 Å². The van der Waals surface area contributed by atoms with Crippen molar-refractivity contribution in [2.75, 3.05) is 32.2 Å². The first-order valence-corrected chi connectivity index (χ1v) is 6.08. The molecular weight excluding hydrogens is 248 g/mol. The van der Waals surface area contributed by atoms with E-state index in [9.17, 15) is 9.59 Å². The lowest BCUT2D eigenvalue weighted by Gasteiger charge is -2.34. The van der Waals surface area contributed by atoms with Gasteiger partial charge in [-0.1, -0.05) is 0 Å². The Morgan fingerprint density at radius 3 is 2.59 bits per heavy atom. The number of carbonyl (C=O) groups is 2. The number of ether oxygens (including phenoxy) is 1. The Hall–Kier alpha value is -1.01. The average Bonchev–Trinajstić information content (AvgIpc) is 2.34. The highest BCUT2D eigenvalue weighted by atomic mass is 35.5. The molecule has 2 amide bonds. The van der Waals surface area contributed by atoms with Crippen LogP contribution < -0.4 is 5.32 Å². The SMILES string of the molecule is O=C(O)NCCN(C(=O)CCl)C1CCOCC1. The van der Waals surface area contributed by atoms with Crippen LogP contribution in [-0.2, 0) is 9.53 Å². The molecule has 0 saturated carbocycles. The van der Waals surface area contributed by atoms with Gasteiger partial charge in [-0.15, -0.1) is 11.6 Å². The second kappa shape index (κ2) is 7.34. The Kier molecular flexibility index (Phi) is 6.07. The molecular formula is C10H17ClN2O4. The topological polar surface area (TPSA) is 78.9 Å². The molecule has 6 nitrogen and oxygen atoms in total. The maximum Gasteiger partial charge on any atom is 0.404 e. The highest BCUT2D eigenvalue weighted by Gasteiger charge is 2.24. The highest BCUT2D eigenvalue weighted by molar-refractivity contribution is 6.27. The molecule has 0 spiro atoms. The van der Waals surface area contributed by atoms with Crippen molar-refractivity contribution in [3.8, 4) is 0 Å². The van der Waals surface area contributed by atoms with Crippen LogP contribution >= 0.6 is 11.6 Å². The van der Waals surface area contributed by atoms with Crippen molar-refractivity contribution in [1.82, 2.24) is 10.2 Å². The van der Waals surface area contributed by atoms with Gasteiger partial charge in [-0.2, -0.15) is 0 Å². The molecule has 1 aliphatic rings. The zero-order chi connectivity index (χ0) is 12.7. The van der Waals surface area contributed by atoms with E-state index in [4.69, 9.17) is 21.4 Å². The van der Waals surface area contributed by atoms with Crippen molar-refractivity contribution < 1.29 is 19.4 Å². The number of hydrogen-bond acceptors (Lipinski definition) is 3. The number of carbonyl (C=O) groups excluding carboxylic acids is 1. The van der Waals surface area contributed by atoms with Crippen LogP contribution in [-0.4, -0.2) is 60.2 Å². The van der Waals surface area contributed by atoms with Gasteiger partial charge < -0.3 is 20.1 Å². The number of nitrogens with one attached hydrogen (secondary N) is 1. The summed E-state index contributed by atoms with van der Waals surface area (Å²) in [4.78, 5) is 23.6. The van der Waals surface area contributed by atoms with Crippen molar-refractivity contribution in [3.63, 3.8) is 0 Å². The summed E-state index contributed by atoms with van der Waals surface area (Å²) in [7, 11) is 0. The second-order valence-electron chi connectivity index (χ2n) is 3.80. The third kappa shape index (κ3) is 4.79. The smallest absolute Gasteiger partial charge is 0.404 e. The first kappa shape index (κ1) is 14.1. The molecule has 0 atom stereocenters. The Morgan fingerprint density at radius 1 is 1.41 bits per heavy atom. The summed E-state index contributed by atoms with van der Waals surface area (Å²) in [5.41, 5.74) is 0. The summed E-state index contributed by atoms with van der Waals surface area (Å²) >= 11 is 5.55. The molecule has 0 bridgehead atoms. The number of halogens is 1. The lowest BCUT2D eigenvalue weighted by atomic mass is 10.1. The first-order chi connectivity index (χ1) is 8.15. The Morgan fingerprint density at radius 2 is 2.06 bits per heavy atom. The third-order valence-corrected chi connectivity index (χ3v) is 2.92. The fourth-order valence-corrected chi connectivity index (χ4v) is 2.02. The zero-order valence-corrected chi connectivity index (χ0v) is 10.3. The zero-order valence-electron chi connectivity index (χ0n) is 9.52. The molecule has 1 fully saturated rings. The van der Waals surface area contributed by atoms with Crippen LogP contribution in [0.5, 0.6) is 0 Å². The maximum absolute atomic E-state index is 11.7. The van der Waals surface area contributed by atoms with Crippen LogP contribution in [0.2, 0.25) is 0 Å². The van der Waals surface area contributed by atoms with Crippen LogP contribution in [0, 0.1) is 0 Å². The van der Waals surface area contributed by atoms with E-state index in [-0.39, 0.29) is 24.4 Å². The van der Waals surface area contributed by atoms with Gasteiger partial charge in [0.15, 0.2) is 0 Å². The van der Waals surface area contributed by atoms with E-state index in [0.717, 1.165) is 12.8 Å². The predicted octanol–water partition coefficient (Wildman–Crippen LogP) is 0.500. The largest absolute Gasteiger partial charge is 0.465 e. The van der Waals surface area contributed by atoms with Crippen LogP contribution in [0.25, 0.3) is 0 Å². The maximum atomic E-state index is 11.7. The lowest BCUT2D eigenvalue weighted by molar-refractivity contribution is -0.132. The number of nitrogens with zero attached hydrogens (tertiary/aromatic N) is 1. The number of alkyl halides is 1. The van der Waals surface area contributed by atoms with Crippen molar-refractivity contribution in [3.05, 3.63) is 0 Å². The summed E-state index contributed by atoms with van der Waals surface area (Å²) in [5.74, 6) is -0.240. The van der Waals surface area contributed by atoms with Crippen molar-refractivity contribution >= 4 is 23.6 Å². The monoisotopic (exact) mass is 264 g/mol. The number of rotatable bonds is 5. The van der Waals surface area contributed by atoms with Gasteiger partial charge in [-0.3, -0.25) is 4.79 Å². The number of carboxylic acid groups (broad SMARTS) is 1. The molecule has 2 N–H and O–H groups in total. The lowest BCUT2D eigenvalue weighted by Crippen LogP contribution is -2.47. The molecule has 0 aromatic heterocycles. The Bertz CT molecular complexity index is 269. The molecule has 0 aromatic rings. The van der Waals surface area contributed by atoms with E-state index < -0.39 is 6.09 Å². The van der Waals surface area contributed by atoms with Crippen LogP contribution in [0.4, 0.5) is 4.79 Å². The van der Waals surface area contributed by atoms with E-state index in [1.807, 2.05) is 0 Å². The fourth-order valence-electron chi connectivity index (χ4n) is 1.87. The van der Waals surface area contributed by atoms with Gasteiger partial charge in [0.05, 0.1) is 0 Å². The standard InChI is InChI=1S/C10H17ClN2O4/c11-7-9(14)13(4-3-12-10(15)16)8-1-5-17-6-2-8/h8,12H,1-7H2,(H,15,16). The van der Waals surface area contributed by atoms with Gasteiger partial charge in [0.2, 0.25) is 5.91 Å². The van der Waals surface area contributed by atoms with Gasteiger partial charge in [0.25, 0.3) is 0 Å². The summed E-state index contributed by atoms with van der Waals surface area (Å²) < 4.78 is 5.23. The molecule has 1 rings (SSSR count). The Labute approximate surface area is 105 Å². The summed E-state index contributed by atoms with van der Waals surface area (Å²) in [6, 6.07) is 0.102. The quantitative estimate of drug-likeness (QED) is 0.709. The molecule has 0 aromatic carbocycles. The molecule has 0 aliphatic carbocycles. The van der Waals surface area contributed by atoms with E-state index in [2.05, 4.69) is 5.32 Å². The number of amides is 2. The van der Waals surface area contributed by atoms with E-state index in [1.54, 1.807) is 4.90 Å². The molecule has 1 saturated heterocycles. The normalized spacial score (nSPS) is 16.5. The van der Waals surface area contributed by atoms with Gasteiger partial charge in [-0.05, 0) is 12.8 Å². The van der Waals surface area contributed by atoms with Crippen molar-refractivity contribution in [2.45, 2.75) is 18.9 Å². The minimum absolute atomic E-state index is 0.0789. The van der Waals surface area contributed by atoms with E-state index >= 15 is 0 Å². The fraction of sp³-hybridized carbons (Fsp3) is 0.800. The Balaban J connectivity index is 2.47. The summed E-state index contributed by atoms with van der Waals surface area (Å²) in [5, 5.41) is 10.7. The third-order valence-electron chi connectivity index (χ3n) is 2.70. The molecule has 1 heterocycles. The molecule has 7 heteroatoms. The van der Waals surface area contributed by atoms with Gasteiger partial charge in [0, 0.05) is 32.3 Å². The van der Waals surface area contributed by atoms with Crippen molar-refractivity contribution in [1.29, 1.82) is 0 Å². The first-order valence-electron chi connectivity index (χ1n) is 5.55. The molecule has 0 unspecified atom stereocenters. The molecule has 98 valence electrons. The van der Waals surface area contributed by atoms with Crippen molar-refractivity contribution in [2.24, 2.45) is 0 Å². The predicted molar refractivity (Wildman–Crippen MR) is 62.3 cm³/mol. The number of hydrogen-bond donors (Lipinski definition) is 2. The minimum Gasteiger partial charge on any atom is -0.465 e.